The second-order valence-corrected chi connectivity index (χ2v) is 21.3. The molecule has 0 rings (SSSR count). The molecule has 0 aliphatic heterocycles. The van der Waals surface area contributed by atoms with Crippen molar-refractivity contribution in [3.05, 3.63) is 122 Å². The van der Waals surface area contributed by atoms with Crippen LogP contribution in [0.5, 0.6) is 0 Å². The van der Waals surface area contributed by atoms with Crippen LogP contribution >= 0.6 is 0 Å². The SMILES string of the molecule is CC/C=C\C/C=C\C/C=C\C/C=C\C/C=C\C/C=C\C/C=C\C/C=C\CCCCCCC(=O)OCC(COC(=O)CCCCCCCCCCCC)OC(=O)CCCCCCCCCCC/C=C\C/C=C\CCCCCCC. The number of hydrogen-bond acceptors (Lipinski definition) is 6. The molecule has 1 atom stereocenters. The zero-order valence-corrected chi connectivity index (χ0v) is 50.9. The number of rotatable bonds is 58. The predicted octanol–water partition coefficient (Wildman–Crippen LogP) is 22.4. The van der Waals surface area contributed by atoms with Crippen molar-refractivity contribution in [3.63, 3.8) is 0 Å². The molecule has 0 amide bonds. The molecule has 0 heterocycles. The minimum atomic E-state index is -0.793. The Morgan fingerprint density at radius 2 is 0.500 bits per heavy atom. The monoisotopic (exact) mass is 1080 g/mol. The molecule has 0 aromatic carbocycles. The van der Waals surface area contributed by atoms with E-state index in [-0.39, 0.29) is 31.1 Å². The van der Waals surface area contributed by atoms with Gasteiger partial charge in [-0.1, -0.05) is 284 Å². The summed E-state index contributed by atoms with van der Waals surface area (Å²) < 4.78 is 16.9. The van der Waals surface area contributed by atoms with Crippen LogP contribution < -0.4 is 0 Å². The van der Waals surface area contributed by atoms with E-state index in [0.717, 1.165) is 128 Å². The van der Waals surface area contributed by atoms with Crippen molar-refractivity contribution in [1.82, 2.24) is 0 Å². The number of esters is 3. The Morgan fingerprint density at radius 3 is 0.782 bits per heavy atom. The van der Waals surface area contributed by atoms with Gasteiger partial charge in [0, 0.05) is 19.3 Å². The predicted molar refractivity (Wildman–Crippen MR) is 339 cm³/mol. The van der Waals surface area contributed by atoms with Gasteiger partial charge in [0.1, 0.15) is 13.2 Å². The molecule has 0 aromatic rings. The molecule has 6 heteroatoms. The van der Waals surface area contributed by atoms with Crippen molar-refractivity contribution < 1.29 is 28.6 Å². The molecule has 0 bridgehead atoms. The lowest BCUT2D eigenvalue weighted by atomic mass is 10.1. The third-order valence-corrected chi connectivity index (χ3v) is 13.7. The summed E-state index contributed by atoms with van der Waals surface area (Å²) >= 11 is 0. The van der Waals surface area contributed by atoms with Gasteiger partial charge in [0.2, 0.25) is 0 Å². The molecule has 0 saturated carbocycles. The van der Waals surface area contributed by atoms with Crippen molar-refractivity contribution in [3.8, 4) is 0 Å². The van der Waals surface area contributed by atoms with Gasteiger partial charge in [-0.25, -0.2) is 0 Å². The molecule has 0 N–H and O–H groups in total. The summed E-state index contributed by atoms with van der Waals surface area (Å²) in [6.07, 6.45) is 90.6. The van der Waals surface area contributed by atoms with Gasteiger partial charge in [0.15, 0.2) is 6.10 Å². The molecule has 0 aliphatic carbocycles. The van der Waals surface area contributed by atoms with Gasteiger partial charge in [0.25, 0.3) is 0 Å². The Kier molecular flexibility index (Phi) is 61.8. The Balaban J connectivity index is 4.33. The highest BCUT2D eigenvalue weighted by Crippen LogP contribution is 2.15. The van der Waals surface area contributed by atoms with Gasteiger partial charge in [0.05, 0.1) is 0 Å². The second kappa shape index (κ2) is 65.3. The standard InChI is InChI=1S/C72H120O6/c1-4-7-10-13-16-19-22-24-26-28-30-32-33-34-35-36-37-38-39-41-42-44-46-48-50-53-56-59-62-65-71(74)77-68-69(67-76-70(73)64-61-58-55-52-21-18-15-12-9-6-3)78-72(75)66-63-60-57-54-51-49-47-45-43-40-31-29-27-25-23-20-17-14-11-8-5-2/h7,10,16,19,23-26,29-32,34-35,37-38,41-42,46,48,69H,4-6,8-9,11-15,17-18,20-22,27-28,33,36,39-40,43-45,47,49-68H2,1-3H3/b10-7-,19-16-,25-23-,26-24-,31-29-,32-30-,35-34-,38-37-,42-41-,48-46-. The van der Waals surface area contributed by atoms with Gasteiger partial charge in [-0.15, -0.1) is 0 Å². The Morgan fingerprint density at radius 1 is 0.269 bits per heavy atom. The smallest absolute Gasteiger partial charge is 0.306 e. The number of unbranched alkanes of at least 4 members (excludes halogenated alkanes) is 27. The van der Waals surface area contributed by atoms with Crippen molar-refractivity contribution in [2.24, 2.45) is 0 Å². The van der Waals surface area contributed by atoms with E-state index in [9.17, 15) is 14.4 Å². The van der Waals surface area contributed by atoms with E-state index in [0.29, 0.717) is 19.3 Å². The van der Waals surface area contributed by atoms with E-state index in [4.69, 9.17) is 14.2 Å². The summed E-state index contributed by atoms with van der Waals surface area (Å²) in [4.78, 5) is 38.2. The van der Waals surface area contributed by atoms with E-state index in [1.54, 1.807) is 0 Å². The average Bonchev–Trinajstić information content (AvgIpc) is 3.44. The minimum Gasteiger partial charge on any atom is -0.462 e. The topological polar surface area (TPSA) is 78.9 Å². The summed E-state index contributed by atoms with van der Waals surface area (Å²) in [6, 6.07) is 0. The molecular weight excluding hydrogens is 961 g/mol. The van der Waals surface area contributed by atoms with Crippen LogP contribution in [0, 0.1) is 0 Å². The largest absolute Gasteiger partial charge is 0.462 e. The Bertz CT molecular complexity index is 1620. The molecule has 0 aliphatic rings. The van der Waals surface area contributed by atoms with Crippen LogP contribution in [-0.4, -0.2) is 37.2 Å². The van der Waals surface area contributed by atoms with E-state index in [2.05, 4.69) is 142 Å². The summed E-state index contributed by atoms with van der Waals surface area (Å²) in [5.41, 5.74) is 0. The molecule has 0 fully saturated rings. The first-order chi connectivity index (χ1) is 38.5. The quantitative estimate of drug-likeness (QED) is 0.0261. The number of carbonyl (C=O) groups excluding carboxylic acids is 3. The fourth-order valence-electron chi connectivity index (χ4n) is 8.84. The first-order valence-electron chi connectivity index (χ1n) is 32.5. The first-order valence-corrected chi connectivity index (χ1v) is 32.5. The molecule has 1 unspecified atom stereocenters. The van der Waals surface area contributed by atoms with E-state index < -0.39 is 6.10 Å². The number of hydrogen-bond donors (Lipinski definition) is 0. The van der Waals surface area contributed by atoms with Gasteiger partial charge in [-0.3, -0.25) is 14.4 Å². The van der Waals surface area contributed by atoms with Crippen molar-refractivity contribution in [2.45, 2.75) is 303 Å². The van der Waals surface area contributed by atoms with Gasteiger partial charge >= 0.3 is 17.9 Å². The first kappa shape index (κ1) is 73.8. The van der Waals surface area contributed by atoms with E-state index in [1.807, 2.05) is 0 Å². The third-order valence-electron chi connectivity index (χ3n) is 13.7. The highest BCUT2D eigenvalue weighted by molar-refractivity contribution is 5.71. The fourth-order valence-corrected chi connectivity index (χ4v) is 8.84. The molecule has 444 valence electrons. The van der Waals surface area contributed by atoms with E-state index >= 15 is 0 Å². The zero-order chi connectivity index (χ0) is 56.4. The highest BCUT2D eigenvalue weighted by atomic mass is 16.6. The molecule has 78 heavy (non-hydrogen) atoms. The van der Waals surface area contributed by atoms with Crippen molar-refractivity contribution in [1.29, 1.82) is 0 Å². The highest BCUT2D eigenvalue weighted by Gasteiger charge is 2.19. The molecular formula is C72H120O6. The number of allylic oxidation sites excluding steroid dienone is 20. The van der Waals surface area contributed by atoms with Crippen LogP contribution in [0.3, 0.4) is 0 Å². The van der Waals surface area contributed by atoms with Crippen LogP contribution in [0.1, 0.15) is 297 Å². The maximum atomic E-state index is 12.9. The van der Waals surface area contributed by atoms with Crippen LogP contribution in [0.2, 0.25) is 0 Å². The Hall–Kier alpha value is -4.19. The summed E-state index contributed by atoms with van der Waals surface area (Å²) in [7, 11) is 0. The lowest BCUT2D eigenvalue weighted by Crippen LogP contribution is -2.30. The van der Waals surface area contributed by atoms with E-state index in [1.165, 1.54) is 128 Å². The fraction of sp³-hybridized carbons (Fsp3) is 0.681. The molecule has 6 nitrogen and oxygen atoms in total. The molecule has 0 aromatic heterocycles. The van der Waals surface area contributed by atoms with Crippen LogP contribution in [-0.2, 0) is 28.6 Å². The van der Waals surface area contributed by atoms with Gasteiger partial charge in [-0.05, 0) is 116 Å². The molecule has 0 spiro atoms. The lowest BCUT2D eigenvalue weighted by Gasteiger charge is -2.18. The number of carbonyl (C=O) groups is 3. The van der Waals surface area contributed by atoms with Crippen LogP contribution in [0.4, 0.5) is 0 Å². The molecule has 0 saturated heterocycles. The van der Waals surface area contributed by atoms with Crippen LogP contribution in [0.25, 0.3) is 0 Å². The Labute approximate surface area is 482 Å². The molecule has 0 radical (unpaired) electrons. The normalized spacial score (nSPS) is 12.9. The van der Waals surface area contributed by atoms with Crippen LogP contribution in [0.15, 0.2) is 122 Å². The van der Waals surface area contributed by atoms with Gasteiger partial charge < -0.3 is 14.2 Å². The summed E-state index contributed by atoms with van der Waals surface area (Å²) in [5, 5.41) is 0. The lowest BCUT2D eigenvalue weighted by molar-refractivity contribution is -0.167. The second-order valence-electron chi connectivity index (χ2n) is 21.3. The van der Waals surface area contributed by atoms with Gasteiger partial charge in [-0.2, -0.15) is 0 Å². The number of ether oxygens (including phenoxy) is 3. The van der Waals surface area contributed by atoms with Crippen molar-refractivity contribution >= 4 is 17.9 Å². The summed E-state index contributed by atoms with van der Waals surface area (Å²) in [5.74, 6) is -0.915. The third kappa shape index (κ3) is 62.7. The maximum absolute atomic E-state index is 12.9. The maximum Gasteiger partial charge on any atom is 0.306 e. The average molecular weight is 1080 g/mol. The minimum absolute atomic E-state index is 0.0880. The zero-order valence-electron chi connectivity index (χ0n) is 50.9. The van der Waals surface area contributed by atoms with Crippen molar-refractivity contribution in [2.75, 3.05) is 13.2 Å². The summed E-state index contributed by atoms with van der Waals surface area (Å²) in [6.45, 7) is 6.49.